The number of hydrogen-bond acceptors (Lipinski definition) is 7. The van der Waals surface area contributed by atoms with Gasteiger partial charge in [-0.3, -0.25) is 4.79 Å². The van der Waals surface area contributed by atoms with Crippen molar-refractivity contribution >= 4 is 17.9 Å². The maximum absolute atomic E-state index is 11.6. The van der Waals surface area contributed by atoms with Crippen LogP contribution >= 0.6 is 0 Å². The molecule has 0 radical (unpaired) electrons. The molecule has 21 heavy (non-hydrogen) atoms. The third-order valence-corrected chi connectivity index (χ3v) is 2.79. The van der Waals surface area contributed by atoms with Gasteiger partial charge in [-0.05, 0) is 30.2 Å². The highest BCUT2D eigenvalue weighted by atomic mass is 16.5. The predicted octanol–water partition coefficient (Wildman–Crippen LogP) is 0.303. The summed E-state index contributed by atoms with van der Waals surface area (Å²) in [5, 5.41) is 0. The standard InChI is InChI=1S/C14H17NO6/c1-19-12(16)9-4-8(6-11(15)14(18)21-3)5-10(7-9)13(17)20-2/h4-5,7,11H,6,15H2,1-3H3/t11-/m1/s1. The Morgan fingerprint density at radius 3 is 1.81 bits per heavy atom. The van der Waals surface area contributed by atoms with E-state index in [4.69, 9.17) is 5.73 Å². The van der Waals surface area contributed by atoms with E-state index < -0.39 is 23.9 Å². The molecule has 0 saturated heterocycles. The van der Waals surface area contributed by atoms with Crippen molar-refractivity contribution in [3.8, 4) is 0 Å². The summed E-state index contributed by atoms with van der Waals surface area (Å²) in [6.07, 6.45) is 0.113. The highest BCUT2D eigenvalue weighted by Crippen LogP contribution is 2.14. The molecule has 7 heteroatoms. The van der Waals surface area contributed by atoms with Gasteiger partial charge in [0.15, 0.2) is 0 Å². The van der Waals surface area contributed by atoms with Gasteiger partial charge in [0.1, 0.15) is 6.04 Å². The largest absolute Gasteiger partial charge is 0.468 e. The second-order valence-electron chi connectivity index (χ2n) is 4.24. The first-order chi connectivity index (χ1) is 9.92. The topological polar surface area (TPSA) is 105 Å². The first-order valence-corrected chi connectivity index (χ1v) is 6.07. The summed E-state index contributed by atoms with van der Waals surface area (Å²) in [6, 6.07) is 3.46. The van der Waals surface area contributed by atoms with Gasteiger partial charge in [0.2, 0.25) is 0 Å². The van der Waals surface area contributed by atoms with E-state index in [1.807, 2.05) is 0 Å². The van der Waals surface area contributed by atoms with Gasteiger partial charge in [0.05, 0.1) is 32.5 Å². The summed E-state index contributed by atoms with van der Waals surface area (Å²) >= 11 is 0. The number of esters is 3. The quantitative estimate of drug-likeness (QED) is 0.615. The Balaban J connectivity index is 3.15. The van der Waals surface area contributed by atoms with Crippen LogP contribution in [0.4, 0.5) is 0 Å². The summed E-state index contributed by atoms with van der Waals surface area (Å²) in [5.74, 6) is -1.79. The average Bonchev–Trinajstić information content (AvgIpc) is 2.51. The summed E-state index contributed by atoms with van der Waals surface area (Å²) in [7, 11) is 3.69. The van der Waals surface area contributed by atoms with Crippen LogP contribution in [-0.2, 0) is 25.4 Å². The van der Waals surface area contributed by atoms with Crippen molar-refractivity contribution in [1.29, 1.82) is 0 Å². The Morgan fingerprint density at radius 2 is 1.43 bits per heavy atom. The van der Waals surface area contributed by atoms with Gasteiger partial charge >= 0.3 is 17.9 Å². The first kappa shape index (κ1) is 16.6. The Hall–Kier alpha value is -2.41. The van der Waals surface area contributed by atoms with Crippen LogP contribution in [0.15, 0.2) is 18.2 Å². The molecule has 7 nitrogen and oxygen atoms in total. The predicted molar refractivity (Wildman–Crippen MR) is 72.8 cm³/mol. The molecule has 0 aromatic heterocycles. The molecule has 0 amide bonds. The van der Waals surface area contributed by atoms with Gasteiger partial charge < -0.3 is 19.9 Å². The highest BCUT2D eigenvalue weighted by molar-refractivity contribution is 5.95. The molecule has 1 aromatic carbocycles. The molecule has 0 fully saturated rings. The zero-order valence-electron chi connectivity index (χ0n) is 12.0. The van der Waals surface area contributed by atoms with Gasteiger partial charge in [-0.2, -0.15) is 0 Å². The number of nitrogens with two attached hydrogens (primary N) is 1. The summed E-state index contributed by atoms with van der Waals surface area (Å²) in [4.78, 5) is 34.6. The summed E-state index contributed by atoms with van der Waals surface area (Å²) < 4.78 is 13.8. The lowest BCUT2D eigenvalue weighted by molar-refractivity contribution is -0.142. The van der Waals surface area contributed by atoms with Gasteiger partial charge in [0.25, 0.3) is 0 Å². The van der Waals surface area contributed by atoms with E-state index >= 15 is 0 Å². The molecule has 0 aliphatic carbocycles. The van der Waals surface area contributed by atoms with Crippen molar-refractivity contribution in [2.75, 3.05) is 21.3 Å². The molecule has 0 saturated carbocycles. The van der Waals surface area contributed by atoms with E-state index in [0.717, 1.165) is 0 Å². The number of hydrogen-bond donors (Lipinski definition) is 1. The van der Waals surface area contributed by atoms with E-state index in [0.29, 0.717) is 5.56 Å². The fourth-order valence-corrected chi connectivity index (χ4v) is 1.77. The molecule has 0 aliphatic rings. The van der Waals surface area contributed by atoms with Crippen molar-refractivity contribution in [3.05, 3.63) is 34.9 Å². The number of carbonyl (C=O) groups excluding carboxylic acids is 3. The number of benzene rings is 1. The molecular weight excluding hydrogens is 278 g/mol. The van der Waals surface area contributed by atoms with Crippen molar-refractivity contribution in [3.63, 3.8) is 0 Å². The van der Waals surface area contributed by atoms with Gasteiger partial charge in [-0.1, -0.05) is 0 Å². The minimum absolute atomic E-state index is 0.113. The molecule has 0 heterocycles. The van der Waals surface area contributed by atoms with Gasteiger partial charge in [-0.25, -0.2) is 9.59 Å². The monoisotopic (exact) mass is 295 g/mol. The number of ether oxygens (including phenoxy) is 3. The third kappa shape index (κ3) is 4.28. The molecule has 1 atom stereocenters. The molecule has 0 unspecified atom stereocenters. The molecule has 0 spiro atoms. The van der Waals surface area contributed by atoms with E-state index in [1.165, 1.54) is 39.5 Å². The fraction of sp³-hybridized carbons (Fsp3) is 0.357. The normalized spacial score (nSPS) is 11.4. The minimum atomic E-state index is -0.895. The number of carbonyl (C=O) groups is 3. The third-order valence-electron chi connectivity index (χ3n) is 2.79. The van der Waals surface area contributed by atoms with Crippen LogP contribution < -0.4 is 5.73 Å². The first-order valence-electron chi connectivity index (χ1n) is 6.07. The second-order valence-corrected chi connectivity index (χ2v) is 4.24. The Labute approximate surface area is 122 Å². The zero-order chi connectivity index (χ0) is 16.0. The van der Waals surface area contributed by atoms with E-state index in [-0.39, 0.29) is 17.5 Å². The maximum atomic E-state index is 11.6. The van der Waals surface area contributed by atoms with E-state index in [2.05, 4.69) is 14.2 Å². The van der Waals surface area contributed by atoms with Crippen LogP contribution in [0.1, 0.15) is 26.3 Å². The molecule has 1 aromatic rings. The summed E-state index contributed by atoms with van der Waals surface area (Å²) in [5.41, 5.74) is 6.54. The second kappa shape index (κ2) is 7.39. The fourth-order valence-electron chi connectivity index (χ4n) is 1.77. The van der Waals surface area contributed by atoms with Crippen molar-refractivity contribution < 1.29 is 28.6 Å². The molecule has 1 rings (SSSR count). The van der Waals surface area contributed by atoms with Crippen LogP contribution in [0.5, 0.6) is 0 Å². The van der Waals surface area contributed by atoms with E-state index in [1.54, 1.807) is 0 Å². The lowest BCUT2D eigenvalue weighted by Crippen LogP contribution is -2.33. The number of methoxy groups -OCH3 is 3. The van der Waals surface area contributed by atoms with Crippen molar-refractivity contribution in [1.82, 2.24) is 0 Å². The van der Waals surface area contributed by atoms with Crippen LogP contribution in [-0.4, -0.2) is 45.3 Å². The highest BCUT2D eigenvalue weighted by Gasteiger charge is 2.18. The minimum Gasteiger partial charge on any atom is -0.468 e. The Kier molecular flexibility index (Phi) is 5.86. The SMILES string of the molecule is COC(=O)c1cc(C[C@@H](N)C(=O)OC)cc(C(=O)OC)c1. The maximum Gasteiger partial charge on any atom is 0.337 e. The van der Waals surface area contributed by atoms with E-state index in [9.17, 15) is 14.4 Å². The van der Waals surface area contributed by atoms with Crippen LogP contribution in [0, 0.1) is 0 Å². The van der Waals surface area contributed by atoms with Gasteiger partial charge in [-0.15, -0.1) is 0 Å². The van der Waals surface area contributed by atoms with Crippen LogP contribution in [0.25, 0.3) is 0 Å². The number of rotatable bonds is 5. The smallest absolute Gasteiger partial charge is 0.337 e. The average molecular weight is 295 g/mol. The molecule has 2 N–H and O–H groups in total. The van der Waals surface area contributed by atoms with Gasteiger partial charge in [0, 0.05) is 0 Å². The molecular formula is C14H17NO6. The van der Waals surface area contributed by atoms with Crippen molar-refractivity contribution in [2.24, 2.45) is 5.73 Å². The lowest BCUT2D eigenvalue weighted by atomic mass is 10.0. The summed E-state index contributed by atoms with van der Waals surface area (Å²) in [6.45, 7) is 0. The molecule has 0 bridgehead atoms. The Morgan fingerprint density at radius 1 is 0.952 bits per heavy atom. The lowest BCUT2D eigenvalue weighted by Gasteiger charge is -2.11. The van der Waals surface area contributed by atoms with Crippen molar-refractivity contribution in [2.45, 2.75) is 12.5 Å². The zero-order valence-corrected chi connectivity index (χ0v) is 12.0. The molecule has 0 aliphatic heterocycles. The Bertz CT molecular complexity index is 520. The molecule has 114 valence electrons. The van der Waals surface area contributed by atoms with Crippen LogP contribution in [0.3, 0.4) is 0 Å². The van der Waals surface area contributed by atoms with Crippen LogP contribution in [0.2, 0.25) is 0 Å².